The maximum atomic E-state index is 12.9. The van der Waals surface area contributed by atoms with Gasteiger partial charge < -0.3 is 4.90 Å². The summed E-state index contributed by atoms with van der Waals surface area (Å²) in [5.74, 6) is 1.06. The first-order chi connectivity index (χ1) is 12.2. The predicted molar refractivity (Wildman–Crippen MR) is 91.4 cm³/mol. The van der Waals surface area contributed by atoms with Crippen molar-refractivity contribution in [3.63, 3.8) is 0 Å². The summed E-state index contributed by atoms with van der Waals surface area (Å²) in [5.41, 5.74) is 2.49. The summed E-state index contributed by atoms with van der Waals surface area (Å²) in [7, 11) is 0. The van der Waals surface area contributed by atoms with E-state index in [1.54, 1.807) is 23.4 Å². The number of hydrogen-bond donors (Lipinski definition) is 0. The van der Waals surface area contributed by atoms with Gasteiger partial charge in [0.25, 0.3) is 5.91 Å². The molecule has 0 aliphatic carbocycles. The van der Waals surface area contributed by atoms with Crippen molar-refractivity contribution in [2.75, 3.05) is 13.1 Å². The van der Waals surface area contributed by atoms with Gasteiger partial charge in [0.1, 0.15) is 18.5 Å². The Morgan fingerprint density at radius 3 is 2.84 bits per heavy atom. The lowest BCUT2D eigenvalue weighted by molar-refractivity contribution is 0.0790. The standard InChI is InChI=1S/C18H18N6O/c1-13-5-7-19-17(22-13)15-6-8-23(10-15)18(25)14-3-2-4-16(9-14)24-11-20-21-12-24/h2-5,7,9,11-12,15H,6,8,10H2,1H3. The number of hydrogen-bond acceptors (Lipinski definition) is 5. The summed E-state index contributed by atoms with van der Waals surface area (Å²) in [6.07, 6.45) is 5.90. The first kappa shape index (κ1) is 15.4. The van der Waals surface area contributed by atoms with E-state index in [1.807, 2.05) is 42.2 Å². The van der Waals surface area contributed by atoms with Gasteiger partial charge in [0, 0.05) is 42.1 Å². The van der Waals surface area contributed by atoms with Crippen LogP contribution in [0.5, 0.6) is 0 Å². The molecule has 25 heavy (non-hydrogen) atoms. The molecule has 1 unspecified atom stereocenters. The van der Waals surface area contributed by atoms with E-state index in [9.17, 15) is 4.79 Å². The molecule has 7 heteroatoms. The smallest absolute Gasteiger partial charge is 0.253 e. The molecule has 126 valence electrons. The second kappa shape index (κ2) is 6.43. The maximum absolute atomic E-state index is 12.9. The number of amides is 1. The molecule has 1 saturated heterocycles. The zero-order chi connectivity index (χ0) is 17.2. The SMILES string of the molecule is Cc1ccnc(C2CCN(C(=O)c3cccc(-n4cnnc4)c3)C2)n1. The Balaban J connectivity index is 1.51. The lowest BCUT2D eigenvalue weighted by Gasteiger charge is -2.17. The molecule has 3 heterocycles. The molecule has 1 aliphatic heterocycles. The van der Waals surface area contributed by atoms with Gasteiger partial charge in [-0.2, -0.15) is 0 Å². The summed E-state index contributed by atoms with van der Waals surface area (Å²) in [6.45, 7) is 3.33. The summed E-state index contributed by atoms with van der Waals surface area (Å²) >= 11 is 0. The van der Waals surface area contributed by atoms with Crippen molar-refractivity contribution in [3.8, 4) is 5.69 Å². The average molecular weight is 334 g/mol. The van der Waals surface area contributed by atoms with Crippen LogP contribution in [-0.2, 0) is 0 Å². The molecule has 1 amide bonds. The van der Waals surface area contributed by atoms with Crippen LogP contribution >= 0.6 is 0 Å². The molecule has 0 saturated carbocycles. The van der Waals surface area contributed by atoms with Crippen LogP contribution in [0.2, 0.25) is 0 Å². The molecular weight excluding hydrogens is 316 g/mol. The minimum absolute atomic E-state index is 0.0325. The van der Waals surface area contributed by atoms with Crippen LogP contribution in [0.1, 0.15) is 34.2 Å². The van der Waals surface area contributed by atoms with Gasteiger partial charge in [-0.3, -0.25) is 9.36 Å². The molecule has 0 spiro atoms. The summed E-state index contributed by atoms with van der Waals surface area (Å²) in [5, 5.41) is 7.61. The van der Waals surface area contributed by atoms with E-state index in [1.165, 1.54) is 0 Å². The number of carbonyl (C=O) groups is 1. The van der Waals surface area contributed by atoms with Gasteiger partial charge in [0.05, 0.1) is 0 Å². The van der Waals surface area contributed by atoms with Crippen molar-refractivity contribution in [3.05, 3.63) is 66.3 Å². The van der Waals surface area contributed by atoms with E-state index in [4.69, 9.17) is 0 Å². The zero-order valence-corrected chi connectivity index (χ0v) is 13.9. The van der Waals surface area contributed by atoms with Crippen molar-refractivity contribution < 1.29 is 4.79 Å². The van der Waals surface area contributed by atoms with E-state index < -0.39 is 0 Å². The van der Waals surface area contributed by atoms with E-state index >= 15 is 0 Å². The average Bonchev–Trinajstić information content (AvgIpc) is 3.33. The quantitative estimate of drug-likeness (QED) is 0.732. The molecule has 1 atom stereocenters. The van der Waals surface area contributed by atoms with Gasteiger partial charge in [0.2, 0.25) is 0 Å². The third kappa shape index (κ3) is 3.13. The fourth-order valence-electron chi connectivity index (χ4n) is 3.14. The summed E-state index contributed by atoms with van der Waals surface area (Å²) in [6, 6.07) is 9.39. The highest BCUT2D eigenvalue weighted by Crippen LogP contribution is 2.26. The number of rotatable bonds is 3. The highest BCUT2D eigenvalue weighted by Gasteiger charge is 2.29. The molecule has 4 rings (SSSR count). The molecule has 1 aromatic carbocycles. The number of aryl methyl sites for hydroxylation is 1. The van der Waals surface area contributed by atoms with Gasteiger partial charge in [-0.05, 0) is 37.6 Å². The largest absolute Gasteiger partial charge is 0.338 e. The van der Waals surface area contributed by atoms with Crippen molar-refractivity contribution in [2.45, 2.75) is 19.3 Å². The van der Waals surface area contributed by atoms with Gasteiger partial charge in [-0.1, -0.05) is 6.07 Å². The van der Waals surface area contributed by atoms with Crippen molar-refractivity contribution in [1.82, 2.24) is 29.6 Å². The van der Waals surface area contributed by atoms with Gasteiger partial charge in [0.15, 0.2) is 0 Å². The monoisotopic (exact) mass is 334 g/mol. The Kier molecular flexibility index (Phi) is 3.97. The number of aromatic nitrogens is 5. The Morgan fingerprint density at radius 1 is 1.20 bits per heavy atom. The van der Waals surface area contributed by atoms with E-state index in [0.717, 1.165) is 30.2 Å². The second-order valence-electron chi connectivity index (χ2n) is 6.21. The van der Waals surface area contributed by atoms with Crippen LogP contribution in [0.4, 0.5) is 0 Å². The molecule has 0 radical (unpaired) electrons. The lowest BCUT2D eigenvalue weighted by Crippen LogP contribution is -2.28. The molecule has 2 aromatic heterocycles. The second-order valence-corrected chi connectivity index (χ2v) is 6.21. The van der Waals surface area contributed by atoms with Crippen LogP contribution in [0.3, 0.4) is 0 Å². The number of nitrogens with zero attached hydrogens (tertiary/aromatic N) is 6. The molecule has 7 nitrogen and oxygen atoms in total. The van der Waals surface area contributed by atoms with Crippen LogP contribution < -0.4 is 0 Å². The highest BCUT2D eigenvalue weighted by atomic mass is 16.2. The fourth-order valence-corrected chi connectivity index (χ4v) is 3.14. The minimum Gasteiger partial charge on any atom is -0.338 e. The third-order valence-corrected chi connectivity index (χ3v) is 4.46. The predicted octanol–water partition coefficient (Wildman–Crippen LogP) is 2.00. The topological polar surface area (TPSA) is 76.8 Å². The summed E-state index contributed by atoms with van der Waals surface area (Å²) in [4.78, 5) is 23.6. The fraction of sp³-hybridized carbons (Fsp3) is 0.278. The third-order valence-electron chi connectivity index (χ3n) is 4.46. The van der Waals surface area contributed by atoms with Crippen molar-refractivity contribution in [2.24, 2.45) is 0 Å². The Morgan fingerprint density at radius 2 is 2.04 bits per heavy atom. The van der Waals surface area contributed by atoms with Crippen LogP contribution in [0.15, 0.2) is 49.2 Å². The van der Waals surface area contributed by atoms with Crippen LogP contribution in [0.25, 0.3) is 5.69 Å². The minimum atomic E-state index is 0.0325. The normalized spacial score (nSPS) is 17.0. The summed E-state index contributed by atoms with van der Waals surface area (Å²) < 4.78 is 1.78. The molecule has 3 aromatic rings. The first-order valence-corrected chi connectivity index (χ1v) is 8.24. The Hall–Kier alpha value is -3.09. The van der Waals surface area contributed by atoms with Crippen LogP contribution in [0, 0.1) is 6.92 Å². The lowest BCUT2D eigenvalue weighted by atomic mass is 10.1. The van der Waals surface area contributed by atoms with Crippen LogP contribution in [-0.4, -0.2) is 48.6 Å². The highest BCUT2D eigenvalue weighted by molar-refractivity contribution is 5.95. The number of benzene rings is 1. The van der Waals surface area contributed by atoms with Crippen molar-refractivity contribution >= 4 is 5.91 Å². The van der Waals surface area contributed by atoms with Gasteiger partial charge in [-0.25, -0.2) is 9.97 Å². The van der Waals surface area contributed by atoms with Crippen molar-refractivity contribution in [1.29, 1.82) is 0 Å². The van der Waals surface area contributed by atoms with Gasteiger partial charge >= 0.3 is 0 Å². The molecule has 0 bridgehead atoms. The van der Waals surface area contributed by atoms with E-state index in [2.05, 4.69) is 20.2 Å². The van der Waals surface area contributed by atoms with Gasteiger partial charge in [-0.15, -0.1) is 10.2 Å². The maximum Gasteiger partial charge on any atom is 0.253 e. The molecule has 1 aliphatic rings. The van der Waals surface area contributed by atoms with E-state index in [-0.39, 0.29) is 11.8 Å². The number of carbonyl (C=O) groups excluding carboxylic acids is 1. The number of likely N-dealkylation sites (tertiary alicyclic amines) is 1. The zero-order valence-electron chi connectivity index (χ0n) is 13.9. The van der Waals surface area contributed by atoms with E-state index in [0.29, 0.717) is 12.1 Å². The first-order valence-electron chi connectivity index (χ1n) is 8.24. The molecule has 0 N–H and O–H groups in total. The Bertz CT molecular complexity index is 892. The molecular formula is C18H18N6O. The Labute approximate surface area is 145 Å². The molecule has 1 fully saturated rings.